The molecule has 2 heteroatoms. The number of rotatable bonds is 3. The largest absolute Gasteiger partial charge is 0.390 e. The quantitative estimate of drug-likeness (QED) is 0.727. The van der Waals surface area contributed by atoms with E-state index in [1.807, 2.05) is 13.8 Å². The van der Waals surface area contributed by atoms with E-state index in [-0.39, 0.29) is 0 Å². The summed E-state index contributed by atoms with van der Waals surface area (Å²) in [7, 11) is 0. The van der Waals surface area contributed by atoms with Gasteiger partial charge >= 0.3 is 0 Å². The number of likely N-dealkylation sites (tertiary alicyclic amines) is 1. The summed E-state index contributed by atoms with van der Waals surface area (Å²) in [5.74, 6) is 0. The maximum absolute atomic E-state index is 9.69. The molecule has 0 aliphatic carbocycles. The third-order valence-electron chi connectivity index (χ3n) is 2.81. The number of hydrogen-bond donors (Lipinski definition) is 1. The second-order valence-electron chi connectivity index (χ2n) is 4.96. The van der Waals surface area contributed by atoms with Crippen molar-refractivity contribution in [3.63, 3.8) is 0 Å². The van der Waals surface area contributed by atoms with Gasteiger partial charge in [-0.2, -0.15) is 0 Å². The molecule has 1 fully saturated rings. The van der Waals surface area contributed by atoms with Crippen LogP contribution in [0.3, 0.4) is 0 Å². The van der Waals surface area contributed by atoms with Crippen LogP contribution in [0.25, 0.3) is 0 Å². The predicted octanol–water partition coefficient (Wildman–Crippen LogP) is 2.02. The Labute approximate surface area is 81.9 Å². The van der Waals surface area contributed by atoms with Crippen molar-refractivity contribution in [1.29, 1.82) is 0 Å². The summed E-state index contributed by atoms with van der Waals surface area (Å²) in [6, 6.07) is 0.528. The van der Waals surface area contributed by atoms with Gasteiger partial charge in [0, 0.05) is 6.04 Å². The fourth-order valence-corrected chi connectivity index (χ4v) is 2.21. The van der Waals surface area contributed by atoms with E-state index < -0.39 is 5.60 Å². The average molecular weight is 185 g/mol. The summed E-state index contributed by atoms with van der Waals surface area (Å²) in [6.45, 7) is 8.46. The van der Waals surface area contributed by atoms with Gasteiger partial charge < -0.3 is 10.0 Å². The Bertz CT molecular complexity index is 145. The van der Waals surface area contributed by atoms with Crippen molar-refractivity contribution in [1.82, 2.24) is 4.90 Å². The molecular formula is C11H23NO. The standard InChI is InChI=1S/C11H23NO/c1-10(9-11(2,3)13)12-7-5-4-6-8-12/h10,13H,4-9H2,1-3H3. The molecule has 1 unspecified atom stereocenters. The van der Waals surface area contributed by atoms with E-state index in [1.165, 1.54) is 32.4 Å². The third kappa shape index (κ3) is 4.10. The van der Waals surface area contributed by atoms with Crippen LogP contribution in [0.15, 0.2) is 0 Å². The van der Waals surface area contributed by atoms with Gasteiger partial charge in [0.1, 0.15) is 0 Å². The van der Waals surface area contributed by atoms with Crippen LogP contribution in [0.2, 0.25) is 0 Å². The van der Waals surface area contributed by atoms with Crippen LogP contribution in [-0.2, 0) is 0 Å². The van der Waals surface area contributed by atoms with E-state index in [0.717, 1.165) is 6.42 Å². The molecule has 0 aromatic rings. The lowest BCUT2D eigenvalue weighted by molar-refractivity contribution is 0.0330. The highest BCUT2D eigenvalue weighted by Crippen LogP contribution is 2.19. The highest BCUT2D eigenvalue weighted by Gasteiger charge is 2.22. The molecule has 78 valence electrons. The second-order valence-corrected chi connectivity index (χ2v) is 4.96. The molecule has 1 atom stereocenters. The molecule has 0 spiro atoms. The highest BCUT2D eigenvalue weighted by molar-refractivity contribution is 4.77. The first-order valence-electron chi connectivity index (χ1n) is 5.45. The summed E-state index contributed by atoms with van der Waals surface area (Å²) in [5, 5.41) is 9.69. The van der Waals surface area contributed by atoms with Crippen LogP contribution in [0.4, 0.5) is 0 Å². The van der Waals surface area contributed by atoms with Gasteiger partial charge in [-0.3, -0.25) is 0 Å². The SMILES string of the molecule is CC(CC(C)(C)O)N1CCCCC1. The molecule has 1 N–H and O–H groups in total. The molecule has 0 bridgehead atoms. The van der Waals surface area contributed by atoms with Crippen LogP contribution in [0.1, 0.15) is 46.5 Å². The van der Waals surface area contributed by atoms with Gasteiger partial charge in [0.25, 0.3) is 0 Å². The van der Waals surface area contributed by atoms with Crippen LogP contribution >= 0.6 is 0 Å². The molecule has 0 aromatic heterocycles. The van der Waals surface area contributed by atoms with Gasteiger partial charge in [-0.05, 0) is 53.1 Å². The van der Waals surface area contributed by atoms with Crippen molar-refractivity contribution in [2.75, 3.05) is 13.1 Å². The second kappa shape index (κ2) is 4.43. The minimum absolute atomic E-state index is 0.517. The molecule has 0 saturated carbocycles. The Hall–Kier alpha value is -0.0800. The van der Waals surface area contributed by atoms with E-state index in [2.05, 4.69) is 11.8 Å². The number of hydrogen-bond acceptors (Lipinski definition) is 2. The molecule has 13 heavy (non-hydrogen) atoms. The number of aliphatic hydroxyl groups is 1. The van der Waals surface area contributed by atoms with Crippen LogP contribution in [-0.4, -0.2) is 34.7 Å². The van der Waals surface area contributed by atoms with E-state index >= 15 is 0 Å². The van der Waals surface area contributed by atoms with Gasteiger partial charge in [-0.25, -0.2) is 0 Å². The van der Waals surface area contributed by atoms with Crippen LogP contribution < -0.4 is 0 Å². The lowest BCUT2D eigenvalue weighted by Gasteiger charge is -2.35. The molecule has 1 rings (SSSR count). The Morgan fingerprint density at radius 2 is 1.77 bits per heavy atom. The lowest BCUT2D eigenvalue weighted by atomic mass is 9.97. The molecule has 0 aromatic carbocycles. The van der Waals surface area contributed by atoms with Crippen LogP contribution in [0.5, 0.6) is 0 Å². The summed E-state index contributed by atoms with van der Waals surface area (Å²) in [4.78, 5) is 2.50. The molecule has 2 nitrogen and oxygen atoms in total. The summed E-state index contributed by atoms with van der Waals surface area (Å²) in [6.07, 6.45) is 4.92. The Morgan fingerprint density at radius 1 is 1.23 bits per heavy atom. The molecule has 0 radical (unpaired) electrons. The van der Waals surface area contributed by atoms with E-state index in [4.69, 9.17) is 0 Å². The van der Waals surface area contributed by atoms with Gasteiger partial charge in [-0.15, -0.1) is 0 Å². The molecular weight excluding hydrogens is 162 g/mol. The normalized spacial score (nSPS) is 23.1. The highest BCUT2D eigenvalue weighted by atomic mass is 16.3. The van der Waals surface area contributed by atoms with Gasteiger partial charge in [-0.1, -0.05) is 6.42 Å². The topological polar surface area (TPSA) is 23.5 Å². The van der Waals surface area contributed by atoms with Gasteiger partial charge in [0.15, 0.2) is 0 Å². The number of nitrogens with zero attached hydrogens (tertiary/aromatic N) is 1. The third-order valence-corrected chi connectivity index (χ3v) is 2.81. The molecule has 1 aliphatic rings. The summed E-state index contributed by atoms with van der Waals surface area (Å²) >= 11 is 0. The summed E-state index contributed by atoms with van der Waals surface area (Å²) in [5.41, 5.74) is -0.517. The molecule has 1 aliphatic heterocycles. The number of piperidine rings is 1. The molecule has 1 heterocycles. The van der Waals surface area contributed by atoms with Crippen LogP contribution in [0, 0.1) is 0 Å². The van der Waals surface area contributed by atoms with Gasteiger partial charge in [0.2, 0.25) is 0 Å². The van der Waals surface area contributed by atoms with Crippen molar-refractivity contribution < 1.29 is 5.11 Å². The smallest absolute Gasteiger partial charge is 0.0606 e. The minimum Gasteiger partial charge on any atom is -0.390 e. The van der Waals surface area contributed by atoms with Crippen molar-refractivity contribution in [3.05, 3.63) is 0 Å². The summed E-state index contributed by atoms with van der Waals surface area (Å²) < 4.78 is 0. The Balaban J connectivity index is 2.33. The van der Waals surface area contributed by atoms with E-state index in [0.29, 0.717) is 6.04 Å². The maximum atomic E-state index is 9.69. The van der Waals surface area contributed by atoms with E-state index in [1.54, 1.807) is 0 Å². The van der Waals surface area contributed by atoms with E-state index in [9.17, 15) is 5.11 Å². The van der Waals surface area contributed by atoms with Crippen molar-refractivity contribution >= 4 is 0 Å². The fourth-order valence-electron chi connectivity index (χ4n) is 2.21. The van der Waals surface area contributed by atoms with Crippen molar-refractivity contribution in [3.8, 4) is 0 Å². The Morgan fingerprint density at radius 3 is 2.23 bits per heavy atom. The van der Waals surface area contributed by atoms with Crippen molar-refractivity contribution in [2.24, 2.45) is 0 Å². The average Bonchev–Trinajstić information content (AvgIpc) is 2.03. The zero-order chi connectivity index (χ0) is 9.90. The maximum Gasteiger partial charge on any atom is 0.0606 e. The first kappa shape index (κ1) is 11.0. The first-order chi connectivity index (χ1) is 5.99. The van der Waals surface area contributed by atoms with Gasteiger partial charge in [0.05, 0.1) is 5.60 Å². The fraction of sp³-hybridized carbons (Fsp3) is 1.00. The zero-order valence-electron chi connectivity index (χ0n) is 9.21. The zero-order valence-corrected chi connectivity index (χ0v) is 9.21. The monoisotopic (exact) mass is 185 g/mol. The lowest BCUT2D eigenvalue weighted by Crippen LogP contribution is -2.41. The molecule has 0 amide bonds. The van der Waals surface area contributed by atoms with Crippen molar-refractivity contribution in [2.45, 2.75) is 58.1 Å². The molecule has 1 saturated heterocycles. The minimum atomic E-state index is -0.517. The first-order valence-corrected chi connectivity index (χ1v) is 5.45. The predicted molar refractivity (Wildman–Crippen MR) is 55.8 cm³/mol. The Kier molecular flexibility index (Phi) is 3.74.